The average Bonchev–Trinajstić information content (AvgIpc) is 3.18. The maximum atomic E-state index is 12.4. The van der Waals surface area contributed by atoms with Gasteiger partial charge < -0.3 is 20.1 Å². The first-order valence-corrected chi connectivity index (χ1v) is 14.8. The van der Waals surface area contributed by atoms with E-state index in [0.29, 0.717) is 31.1 Å². The largest absolute Gasteiger partial charge is 0.481 e. The van der Waals surface area contributed by atoms with Gasteiger partial charge in [-0.05, 0) is 104 Å². The van der Waals surface area contributed by atoms with Gasteiger partial charge in [0.15, 0.2) is 0 Å². The predicted molar refractivity (Wildman–Crippen MR) is 138 cm³/mol. The Labute approximate surface area is 217 Å². The summed E-state index contributed by atoms with van der Waals surface area (Å²) in [5, 5.41) is 32.4. The van der Waals surface area contributed by atoms with Gasteiger partial charge in [0.1, 0.15) is 6.10 Å². The molecule has 0 spiro atoms. The Morgan fingerprint density at radius 1 is 1.00 bits per heavy atom. The molecule has 4 unspecified atom stereocenters. The van der Waals surface area contributed by atoms with Crippen molar-refractivity contribution < 1.29 is 29.6 Å². The minimum Gasteiger partial charge on any atom is -0.481 e. The zero-order chi connectivity index (χ0) is 26.3. The van der Waals surface area contributed by atoms with Crippen LogP contribution in [0.1, 0.15) is 111 Å². The van der Waals surface area contributed by atoms with E-state index in [1.165, 1.54) is 0 Å². The highest BCUT2D eigenvalue weighted by atomic mass is 16.5. The second kappa shape index (κ2) is 10.9. The van der Waals surface area contributed by atoms with E-state index in [-0.39, 0.29) is 53.0 Å². The number of esters is 1. The van der Waals surface area contributed by atoms with Gasteiger partial charge in [-0.15, -0.1) is 0 Å². The molecule has 0 amide bonds. The van der Waals surface area contributed by atoms with Crippen molar-refractivity contribution in [3.05, 3.63) is 0 Å². The van der Waals surface area contributed by atoms with Crippen LogP contribution in [-0.4, -0.2) is 45.6 Å². The van der Waals surface area contributed by atoms with Gasteiger partial charge in [0.25, 0.3) is 0 Å². The van der Waals surface area contributed by atoms with Crippen LogP contribution >= 0.6 is 0 Å². The molecule has 11 atom stereocenters. The monoisotopic (exact) mass is 506 g/mol. The fourth-order valence-corrected chi connectivity index (χ4v) is 9.54. The van der Waals surface area contributed by atoms with Crippen molar-refractivity contribution in [2.24, 2.45) is 46.3 Å². The molecule has 0 aromatic carbocycles. The molecular formula is C30H50O6. The first kappa shape index (κ1) is 27.9. The number of carbonyl (C=O) groups excluding carboxylic acids is 1. The number of unbranched alkanes of at least 4 members (excludes halogenated alkanes) is 2. The zero-order valence-electron chi connectivity index (χ0n) is 23.0. The smallest absolute Gasteiger partial charge is 0.306 e. The number of carboxylic acids is 1. The Morgan fingerprint density at radius 3 is 2.44 bits per heavy atom. The first-order chi connectivity index (χ1) is 17.0. The van der Waals surface area contributed by atoms with E-state index in [2.05, 4.69) is 27.7 Å². The molecule has 0 aromatic heterocycles. The summed E-state index contributed by atoms with van der Waals surface area (Å²) in [4.78, 5) is 23.5. The van der Waals surface area contributed by atoms with Crippen LogP contribution < -0.4 is 0 Å². The highest BCUT2D eigenvalue weighted by Crippen LogP contribution is 2.68. The van der Waals surface area contributed by atoms with E-state index in [9.17, 15) is 24.9 Å². The second-order valence-corrected chi connectivity index (χ2v) is 13.4. The Balaban J connectivity index is 1.46. The Hall–Kier alpha value is -1.14. The molecule has 4 saturated carbocycles. The summed E-state index contributed by atoms with van der Waals surface area (Å²) in [5.41, 5.74) is -0.223. The molecule has 0 radical (unpaired) electrons. The molecule has 0 saturated heterocycles. The van der Waals surface area contributed by atoms with Crippen molar-refractivity contribution in [1.82, 2.24) is 0 Å². The maximum Gasteiger partial charge on any atom is 0.306 e. The quantitative estimate of drug-likeness (QED) is 0.279. The third-order valence-electron chi connectivity index (χ3n) is 11.6. The first-order valence-electron chi connectivity index (χ1n) is 14.8. The lowest BCUT2D eigenvalue weighted by atomic mass is 9.43. The molecule has 0 aliphatic heterocycles. The molecule has 6 nitrogen and oxygen atoms in total. The maximum absolute atomic E-state index is 12.4. The van der Waals surface area contributed by atoms with Crippen LogP contribution in [0.25, 0.3) is 0 Å². The summed E-state index contributed by atoms with van der Waals surface area (Å²) < 4.78 is 5.88. The number of aliphatic hydroxyl groups excluding tert-OH is 2. The molecule has 4 fully saturated rings. The molecule has 4 aliphatic rings. The highest BCUT2D eigenvalue weighted by molar-refractivity contribution is 5.69. The van der Waals surface area contributed by atoms with E-state index >= 15 is 0 Å². The Morgan fingerprint density at radius 2 is 1.75 bits per heavy atom. The van der Waals surface area contributed by atoms with Gasteiger partial charge in [-0.25, -0.2) is 0 Å². The summed E-state index contributed by atoms with van der Waals surface area (Å²) in [5.74, 6) is 0.730. The van der Waals surface area contributed by atoms with Crippen LogP contribution in [0.15, 0.2) is 0 Å². The van der Waals surface area contributed by atoms with Crippen LogP contribution in [-0.2, 0) is 14.3 Å². The van der Waals surface area contributed by atoms with Gasteiger partial charge >= 0.3 is 11.9 Å². The van der Waals surface area contributed by atoms with Crippen LogP contribution in [0.2, 0.25) is 0 Å². The summed E-state index contributed by atoms with van der Waals surface area (Å²) >= 11 is 0. The SMILES string of the molecule is CCCCCC(=O)O[C@@H]1CC[C@]2(C)C3C[C@H](O)[C@@]4(C)C(CC[C@@H]4[C@H](C)CCC(=O)O)C3C(O)C[C@@H]2C1. The van der Waals surface area contributed by atoms with Crippen molar-refractivity contribution in [3.8, 4) is 0 Å². The lowest BCUT2D eigenvalue weighted by molar-refractivity contribution is -0.209. The number of aliphatic hydroxyl groups is 2. The molecule has 36 heavy (non-hydrogen) atoms. The van der Waals surface area contributed by atoms with Crippen LogP contribution in [0.4, 0.5) is 0 Å². The number of hydrogen-bond donors (Lipinski definition) is 3. The number of aliphatic carboxylic acids is 1. The molecule has 0 aromatic rings. The molecule has 0 bridgehead atoms. The molecule has 6 heteroatoms. The van der Waals surface area contributed by atoms with Crippen molar-refractivity contribution in [1.29, 1.82) is 0 Å². The molecule has 0 heterocycles. The number of rotatable bonds is 9. The van der Waals surface area contributed by atoms with Gasteiger partial charge in [-0.2, -0.15) is 0 Å². The van der Waals surface area contributed by atoms with E-state index < -0.39 is 18.2 Å². The molecule has 3 N–H and O–H groups in total. The van der Waals surface area contributed by atoms with Crippen molar-refractivity contribution in [3.63, 3.8) is 0 Å². The van der Waals surface area contributed by atoms with E-state index in [1.807, 2.05) is 0 Å². The van der Waals surface area contributed by atoms with Gasteiger partial charge in [0.2, 0.25) is 0 Å². The summed E-state index contributed by atoms with van der Waals surface area (Å²) in [6.07, 6.45) is 9.63. The molecule has 206 valence electrons. The normalized spacial score (nSPS) is 44.7. The number of hydrogen-bond acceptors (Lipinski definition) is 5. The third-order valence-corrected chi connectivity index (χ3v) is 11.6. The fourth-order valence-electron chi connectivity index (χ4n) is 9.54. The van der Waals surface area contributed by atoms with Crippen molar-refractivity contribution in [2.75, 3.05) is 0 Å². The van der Waals surface area contributed by atoms with Gasteiger partial charge in [-0.1, -0.05) is 40.5 Å². The lowest BCUT2D eigenvalue weighted by Crippen LogP contribution is -2.62. The summed E-state index contributed by atoms with van der Waals surface area (Å²) in [7, 11) is 0. The van der Waals surface area contributed by atoms with Crippen molar-refractivity contribution in [2.45, 2.75) is 129 Å². The number of ether oxygens (including phenoxy) is 1. The number of carbonyl (C=O) groups is 2. The van der Waals surface area contributed by atoms with Crippen LogP contribution in [0.5, 0.6) is 0 Å². The van der Waals surface area contributed by atoms with Gasteiger partial charge in [0, 0.05) is 12.8 Å². The van der Waals surface area contributed by atoms with E-state index in [1.54, 1.807) is 0 Å². The van der Waals surface area contributed by atoms with Crippen LogP contribution in [0.3, 0.4) is 0 Å². The third kappa shape index (κ3) is 4.98. The fraction of sp³-hybridized carbons (Fsp3) is 0.933. The van der Waals surface area contributed by atoms with Crippen LogP contribution in [0, 0.1) is 46.3 Å². The molecular weight excluding hydrogens is 456 g/mol. The average molecular weight is 507 g/mol. The minimum absolute atomic E-state index is 0.0460. The lowest BCUT2D eigenvalue weighted by Gasteiger charge is -2.63. The second-order valence-electron chi connectivity index (χ2n) is 13.4. The Bertz CT molecular complexity index is 798. The summed E-state index contributed by atoms with van der Waals surface area (Å²) in [6.45, 7) is 8.88. The molecule has 4 aliphatic carbocycles. The Kier molecular flexibility index (Phi) is 8.46. The standard InChI is InChI=1S/C30H50O6/c1-5-6-7-8-27(35)36-20-13-14-29(3)19(15-20)16-24(31)28-22-11-10-21(18(2)9-12-26(33)34)30(22,4)25(32)17-23(28)29/h18-25,28,31-32H,5-17H2,1-4H3,(H,33,34)/t18-,19+,20-,21-,22?,23?,24?,25+,28?,29+,30-/m1/s1. The van der Waals surface area contributed by atoms with Crippen molar-refractivity contribution >= 4 is 11.9 Å². The minimum atomic E-state index is -0.755. The predicted octanol–water partition coefficient (Wildman–Crippen LogP) is 5.58. The number of fused-ring (bicyclic) bond motifs is 5. The van der Waals surface area contributed by atoms with E-state index in [0.717, 1.165) is 57.8 Å². The topological polar surface area (TPSA) is 104 Å². The molecule has 4 rings (SSSR count). The number of carboxylic acid groups (broad SMARTS) is 1. The zero-order valence-corrected chi connectivity index (χ0v) is 23.0. The summed E-state index contributed by atoms with van der Waals surface area (Å²) in [6, 6.07) is 0. The highest BCUT2D eigenvalue weighted by Gasteiger charge is 2.65. The van der Waals surface area contributed by atoms with Gasteiger partial charge in [-0.3, -0.25) is 9.59 Å². The van der Waals surface area contributed by atoms with Gasteiger partial charge in [0.05, 0.1) is 12.2 Å². The van der Waals surface area contributed by atoms with E-state index in [4.69, 9.17) is 4.74 Å².